The van der Waals surface area contributed by atoms with Crippen LogP contribution in [0.3, 0.4) is 0 Å². The van der Waals surface area contributed by atoms with E-state index in [0.29, 0.717) is 0 Å². The van der Waals surface area contributed by atoms with Crippen molar-refractivity contribution in [3.63, 3.8) is 0 Å². The van der Waals surface area contributed by atoms with Gasteiger partial charge in [-0.3, -0.25) is 0 Å². The molecule has 0 radical (unpaired) electrons. The van der Waals surface area contributed by atoms with Crippen molar-refractivity contribution in [1.82, 2.24) is 15.1 Å². The molecule has 0 spiro atoms. The van der Waals surface area contributed by atoms with Crippen molar-refractivity contribution in [1.29, 1.82) is 0 Å². The van der Waals surface area contributed by atoms with Crippen molar-refractivity contribution in [3.05, 3.63) is 0 Å². The highest BCUT2D eigenvalue weighted by Gasteiger charge is 2.34. The van der Waals surface area contributed by atoms with Gasteiger partial charge in [0, 0.05) is 31.7 Å². The van der Waals surface area contributed by atoms with E-state index in [2.05, 4.69) is 29.1 Å². The Bertz CT molecular complexity index is 290. The molecule has 1 saturated carbocycles. The van der Waals surface area contributed by atoms with E-state index in [1.54, 1.807) is 0 Å². The molecule has 3 nitrogen and oxygen atoms in total. The van der Waals surface area contributed by atoms with Crippen LogP contribution in [0.4, 0.5) is 0 Å². The van der Waals surface area contributed by atoms with Crippen LogP contribution < -0.4 is 5.32 Å². The van der Waals surface area contributed by atoms with Gasteiger partial charge in [0.1, 0.15) is 0 Å². The molecule has 3 atom stereocenters. The second-order valence-corrected chi connectivity index (χ2v) is 7.12. The summed E-state index contributed by atoms with van der Waals surface area (Å²) in [6.45, 7) is 8.77. The first-order valence-electron chi connectivity index (χ1n) is 8.40. The van der Waals surface area contributed by atoms with Gasteiger partial charge in [-0.1, -0.05) is 0 Å². The molecule has 0 aromatic carbocycles. The summed E-state index contributed by atoms with van der Waals surface area (Å²) in [5.74, 6) is 1.92. The van der Waals surface area contributed by atoms with E-state index < -0.39 is 0 Å². The monoisotopic (exact) mass is 265 g/mol. The van der Waals surface area contributed by atoms with Gasteiger partial charge in [-0.15, -0.1) is 0 Å². The van der Waals surface area contributed by atoms with Crippen LogP contribution in [-0.2, 0) is 0 Å². The van der Waals surface area contributed by atoms with Crippen LogP contribution in [-0.4, -0.2) is 61.7 Å². The van der Waals surface area contributed by atoms with Crippen LogP contribution in [0.2, 0.25) is 0 Å². The van der Waals surface area contributed by atoms with E-state index in [4.69, 9.17) is 0 Å². The van der Waals surface area contributed by atoms with Crippen LogP contribution in [0.15, 0.2) is 0 Å². The summed E-state index contributed by atoms with van der Waals surface area (Å²) in [4.78, 5) is 5.31. The van der Waals surface area contributed by atoms with Crippen LogP contribution in [0.5, 0.6) is 0 Å². The smallest absolute Gasteiger partial charge is 0.0145 e. The van der Waals surface area contributed by atoms with E-state index in [1.807, 2.05) is 0 Å². The molecular weight excluding hydrogens is 234 g/mol. The average molecular weight is 265 g/mol. The van der Waals surface area contributed by atoms with Crippen molar-refractivity contribution in [3.8, 4) is 0 Å². The molecule has 3 fully saturated rings. The summed E-state index contributed by atoms with van der Waals surface area (Å²) in [7, 11) is 2.32. The summed E-state index contributed by atoms with van der Waals surface area (Å²) in [6.07, 6.45) is 7.15. The summed E-state index contributed by atoms with van der Waals surface area (Å²) in [5.41, 5.74) is 0. The first-order valence-corrected chi connectivity index (χ1v) is 8.40. The van der Waals surface area contributed by atoms with Gasteiger partial charge in [-0.05, 0) is 71.0 Å². The molecule has 3 unspecified atom stereocenters. The Morgan fingerprint density at radius 3 is 2.79 bits per heavy atom. The SMILES string of the molecule is CC(NCCN1CCC2C(CCCN2C)C1)C1CC1. The normalized spacial score (nSPS) is 35.1. The fraction of sp³-hybridized carbons (Fsp3) is 1.00. The Morgan fingerprint density at radius 2 is 2.00 bits per heavy atom. The van der Waals surface area contributed by atoms with Crippen molar-refractivity contribution in [2.75, 3.05) is 39.8 Å². The predicted molar refractivity (Wildman–Crippen MR) is 80.4 cm³/mol. The van der Waals surface area contributed by atoms with Crippen LogP contribution in [0.1, 0.15) is 39.0 Å². The first kappa shape index (κ1) is 13.8. The molecule has 2 aliphatic heterocycles. The van der Waals surface area contributed by atoms with E-state index in [-0.39, 0.29) is 0 Å². The minimum atomic E-state index is 0.748. The van der Waals surface area contributed by atoms with Crippen LogP contribution in [0, 0.1) is 11.8 Å². The third-order valence-corrected chi connectivity index (χ3v) is 5.65. The Labute approximate surface area is 118 Å². The molecule has 0 aromatic rings. The largest absolute Gasteiger partial charge is 0.313 e. The molecule has 0 bridgehead atoms. The predicted octanol–water partition coefficient (Wildman–Crippen LogP) is 1.79. The molecule has 1 aliphatic carbocycles. The van der Waals surface area contributed by atoms with Gasteiger partial charge < -0.3 is 15.1 Å². The second-order valence-electron chi connectivity index (χ2n) is 7.12. The third kappa shape index (κ3) is 3.50. The number of nitrogens with one attached hydrogen (secondary N) is 1. The fourth-order valence-corrected chi connectivity index (χ4v) is 4.14. The van der Waals surface area contributed by atoms with Crippen molar-refractivity contribution >= 4 is 0 Å². The first-order chi connectivity index (χ1) is 9.24. The lowest BCUT2D eigenvalue weighted by atomic mass is 9.84. The maximum Gasteiger partial charge on any atom is 0.0145 e. The number of nitrogens with zero attached hydrogens (tertiary/aromatic N) is 2. The Hall–Kier alpha value is -0.120. The van der Waals surface area contributed by atoms with E-state index in [0.717, 1.165) is 23.9 Å². The molecule has 19 heavy (non-hydrogen) atoms. The van der Waals surface area contributed by atoms with Crippen molar-refractivity contribution in [2.45, 2.75) is 51.1 Å². The van der Waals surface area contributed by atoms with Gasteiger partial charge in [-0.25, -0.2) is 0 Å². The standard InChI is InChI=1S/C16H31N3/c1-13(14-5-6-14)17-8-11-19-10-7-16-15(12-19)4-3-9-18(16)2/h13-17H,3-12H2,1-2H3. The Kier molecular flexibility index (Phi) is 4.45. The zero-order chi connectivity index (χ0) is 13.2. The maximum absolute atomic E-state index is 3.72. The van der Waals surface area contributed by atoms with Gasteiger partial charge in [-0.2, -0.15) is 0 Å². The molecule has 3 aliphatic rings. The summed E-state index contributed by atoms with van der Waals surface area (Å²) < 4.78 is 0. The van der Waals surface area contributed by atoms with Gasteiger partial charge in [0.05, 0.1) is 0 Å². The van der Waals surface area contributed by atoms with E-state index >= 15 is 0 Å². The molecule has 110 valence electrons. The van der Waals surface area contributed by atoms with Crippen molar-refractivity contribution in [2.24, 2.45) is 11.8 Å². The van der Waals surface area contributed by atoms with Crippen LogP contribution in [0.25, 0.3) is 0 Å². The molecule has 2 saturated heterocycles. The minimum absolute atomic E-state index is 0.748. The lowest BCUT2D eigenvalue weighted by Gasteiger charge is -2.46. The van der Waals surface area contributed by atoms with E-state index in [1.165, 1.54) is 64.8 Å². The molecule has 0 aromatic heterocycles. The molecule has 2 heterocycles. The molecule has 3 heteroatoms. The van der Waals surface area contributed by atoms with Gasteiger partial charge >= 0.3 is 0 Å². The highest BCUT2D eigenvalue weighted by atomic mass is 15.2. The summed E-state index contributed by atoms with van der Waals surface area (Å²) in [6, 6.07) is 1.63. The van der Waals surface area contributed by atoms with Crippen LogP contribution >= 0.6 is 0 Å². The van der Waals surface area contributed by atoms with Gasteiger partial charge in [0.2, 0.25) is 0 Å². The lowest BCUT2D eigenvalue weighted by Crippen LogP contribution is -2.53. The molecule has 1 N–H and O–H groups in total. The average Bonchev–Trinajstić information content (AvgIpc) is 3.23. The quantitative estimate of drug-likeness (QED) is 0.817. The van der Waals surface area contributed by atoms with Crippen molar-refractivity contribution < 1.29 is 0 Å². The number of rotatable bonds is 5. The van der Waals surface area contributed by atoms with Gasteiger partial charge in [0.15, 0.2) is 0 Å². The molecule has 3 rings (SSSR count). The number of piperidine rings is 2. The highest BCUT2D eigenvalue weighted by molar-refractivity contribution is 4.89. The fourth-order valence-electron chi connectivity index (χ4n) is 4.14. The molecule has 0 amide bonds. The maximum atomic E-state index is 3.72. The van der Waals surface area contributed by atoms with Gasteiger partial charge in [0.25, 0.3) is 0 Å². The topological polar surface area (TPSA) is 18.5 Å². The van der Waals surface area contributed by atoms with E-state index in [9.17, 15) is 0 Å². The summed E-state index contributed by atoms with van der Waals surface area (Å²) in [5, 5.41) is 3.72. The zero-order valence-corrected chi connectivity index (χ0v) is 12.8. The summed E-state index contributed by atoms with van der Waals surface area (Å²) >= 11 is 0. The number of hydrogen-bond acceptors (Lipinski definition) is 3. The number of fused-ring (bicyclic) bond motifs is 1. The minimum Gasteiger partial charge on any atom is -0.313 e. The molecular formula is C16H31N3. The lowest BCUT2D eigenvalue weighted by molar-refractivity contribution is 0.0388. The second kappa shape index (κ2) is 6.11. The Morgan fingerprint density at radius 1 is 1.16 bits per heavy atom. The highest BCUT2D eigenvalue weighted by Crippen LogP contribution is 2.32. The Balaban J connectivity index is 1.38. The third-order valence-electron chi connectivity index (χ3n) is 5.65. The zero-order valence-electron chi connectivity index (χ0n) is 12.8. The number of likely N-dealkylation sites (tertiary alicyclic amines) is 2. The number of hydrogen-bond donors (Lipinski definition) is 1.